The maximum Gasteiger partial charge on any atom is 0.514 e. The number of hydrogen-bond acceptors (Lipinski definition) is 5. The van der Waals surface area contributed by atoms with Gasteiger partial charge >= 0.3 is 6.16 Å². The topological polar surface area (TPSA) is 65.0 Å². The first-order valence-corrected chi connectivity index (χ1v) is 7.71. The average Bonchev–Trinajstić information content (AvgIpc) is 2.49. The molecule has 0 amide bonds. The Morgan fingerprint density at radius 1 is 1.26 bits per heavy atom. The van der Waals surface area contributed by atoms with Crippen molar-refractivity contribution in [3.63, 3.8) is 0 Å². The van der Waals surface area contributed by atoms with E-state index in [1.165, 1.54) is 7.11 Å². The summed E-state index contributed by atoms with van der Waals surface area (Å²) in [5.41, 5.74) is 0.160. The third-order valence-corrected chi connectivity index (χ3v) is 4.23. The lowest BCUT2D eigenvalue weighted by Gasteiger charge is -2.35. The number of ether oxygens (including phenoxy) is 3. The highest BCUT2D eigenvalue weighted by Crippen LogP contribution is 2.34. The Bertz CT molecular complexity index is 585. The first kappa shape index (κ1) is 17.3. The van der Waals surface area contributed by atoms with E-state index in [-0.39, 0.29) is 12.0 Å². The van der Waals surface area contributed by atoms with E-state index in [1.807, 2.05) is 13.0 Å². The maximum absolute atomic E-state index is 12.1. The van der Waals surface area contributed by atoms with E-state index < -0.39 is 11.8 Å². The number of methoxy groups -OCH3 is 1. The number of allylic oxidation sites excluding steroid dienone is 1. The van der Waals surface area contributed by atoms with Crippen molar-refractivity contribution in [3.05, 3.63) is 35.9 Å². The highest BCUT2D eigenvalue weighted by Gasteiger charge is 2.34. The van der Waals surface area contributed by atoms with Crippen LogP contribution >= 0.6 is 0 Å². The summed E-state index contributed by atoms with van der Waals surface area (Å²) in [7, 11) is 1.51. The van der Waals surface area contributed by atoms with Crippen molar-refractivity contribution in [1.82, 2.24) is 0 Å². The van der Waals surface area contributed by atoms with Crippen molar-refractivity contribution >= 4 is 6.16 Å². The van der Waals surface area contributed by atoms with Gasteiger partial charge in [-0.2, -0.15) is 0 Å². The SMILES string of the molecule is COc1ccccc1OC(=O)OC1CC(C(C)(C)O)CC=C1C. The van der Waals surface area contributed by atoms with E-state index in [4.69, 9.17) is 14.2 Å². The van der Waals surface area contributed by atoms with Crippen LogP contribution in [0.5, 0.6) is 11.5 Å². The standard InChI is InChI=1S/C18H24O5/c1-12-9-10-13(18(2,3)20)11-16(12)23-17(19)22-15-8-6-5-7-14(15)21-4/h5-9,13,16,20H,10-11H2,1-4H3. The lowest BCUT2D eigenvalue weighted by Crippen LogP contribution is -2.37. The monoisotopic (exact) mass is 320 g/mol. The molecule has 1 N–H and O–H groups in total. The summed E-state index contributed by atoms with van der Waals surface area (Å²) in [5.74, 6) is 0.821. The zero-order chi connectivity index (χ0) is 17.0. The molecule has 1 aliphatic carbocycles. The lowest BCUT2D eigenvalue weighted by molar-refractivity contribution is -0.0145. The second kappa shape index (κ2) is 7.04. The third kappa shape index (κ3) is 4.48. The van der Waals surface area contributed by atoms with Crippen LogP contribution in [0.3, 0.4) is 0 Å². The second-order valence-corrected chi connectivity index (χ2v) is 6.38. The summed E-state index contributed by atoms with van der Waals surface area (Å²) < 4.78 is 15.8. The molecule has 0 heterocycles. The predicted molar refractivity (Wildman–Crippen MR) is 86.7 cm³/mol. The minimum atomic E-state index is -0.814. The number of benzene rings is 1. The van der Waals surface area contributed by atoms with E-state index in [2.05, 4.69) is 0 Å². The van der Waals surface area contributed by atoms with Gasteiger partial charge in [0, 0.05) is 0 Å². The zero-order valence-electron chi connectivity index (χ0n) is 14.0. The van der Waals surface area contributed by atoms with Gasteiger partial charge in [-0.25, -0.2) is 4.79 Å². The molecule has 23 heavy (non-hydrogen) atoms. The summed E-state index contributed by atoms with van der Waals surface area (Å²) in [6, 6.07) is 6.89. The van der Waals surface area contributed by atoms with Crippen LogP contribution in [0.1, 0.15) is 33.6 Å². The first-order valence-electron chi connectivity index (χ1n) is 7.71. The van der Waals surface area contributed by atoms with E-state index in [0.717, 1.165) is 12.0 Å². The molecule has 0 aromatic heterocycles. The van der Waals surface area contributed by atoms with Crippen molar-refractivity contribution in [3.8, 4) is 11.5 Å². The Balaban J connectivity index is 2.02. The van der Waals surface area contributed by atoms with Crippen LogP contribution in [0.4, 0.5) is 4.79 Å². The van der Waals surface area contributed by atoms with Gasteiger partial charge in [-0.15, -0.1) is 0 Å². The highest BCUT2D eigenvalue weighted by molar-refractivity contribution is 5.65. The van der Waals surface area contributed by atoms with Crippen molar-refractivity contribution in [2.75, 3.05) is 7.11 Å². The summed E-state index contributed by atoms with van der Waals surface area (Å²) in [5, 5.41) is 10.2. The van der Waals surface area contributed by atoms with Gasteiger partial charge < -0.3 is 19.3 Å². The van der Waals surface area contributed by atoms with Gasteiger partial charge in [-0.1, -0.05) is 18.2 Å². The summed E-state index contributed by atoms with van der Waals surface area (Å²) >= 11 is 0. The number of carbonyl (C=O) groups is 1. The molecule has 2 unspecified atom stereocenters. The van der Waals surface area contributed by atoms with Gasteiger partial charge in [-0.05, 0) is 57.2 Å². The fourth-order valence-corrected chi connectivity index (χ4v) is 2.65. The Morgan fingerprint density at radius 3 is 2.52 bits per heavy atom. The smallest absolute Gasteiger partial charge is 0.493 e. The number of rotatable bonds is 4. The van der Waals surface area contributed by atoms with E-state index in [9.17, 15) is 9.90 Å². The Kier molecular flexibility index (Phi) is 5.31. The van der Waals surface area contributed by atoms with Crippen LogP contribution in [0, 0.1) is 5.92 Å². The lowest BCUT2D eigenvalue weighted by atomic mass is 9.78. The molecule has 126 valence electrons. The molecule has 0 fully saturated rings. The van der Waals surface area contributed by atoms with Crippen molar-refractivity contribution in [2.45, 2.75) is 45.3 Å². The largest absolute Gasteiger partial charge is 0.514 e. The maximum atomic E-state index is 12.1. The molecular formula is C18H24O5. The quantitative estimate of drug-likeness (QED) is 0.520. The average molecular weight is 320 g/mol. The zero-order valence-corrected chi connectivity index (χ0v) is 14.0. The molecular weight excluding hydrogens is 296 g/mol. The van der Waals surface area contributed by atoms with Crippen LogP contribution in [0.2, 0.25) is 0 Å². The number of carbonyl (C=O) groups excluding carboxylic acids is 1. The normalized spacial score (nSPS) is 21.3. The molecule has 1 aliphatic rings. The molecule has 5 heteroatoms. The van der Waals surface area contributed by atoms with Crippen LogP contribution < -0.4 is 9.47 Å². The first-order chi connectivity index (χ1) is 10.8. The Labute approximate surface area is 136 Å². The number of para-hydroxylation sites is 2. The van der Waals surface area contributed by atoms with E-state index in [1.54, 1.807) is 38.1 Å². The molecule has 2 rings (SSSR count). The van der Waals surface area contributed by atoms with Crippen LogP contribution in [-0.4, -0.2) is 30.1 Å². The van der Waals surface area contributed by atoms with Crippen molar-refractivity contribution < 1.29 is 24.1 Å². The molecule has 5 nitrogen and oxygen atoms in total. The highest BCUT2D eigenvalue weighted by atomic mass is 16.7. The Hall–Kier alpha value is -2.01. The van der Waals surface area contributed by atoms with Crippen LogP contribution in [0.25, 0.3) is 0 Å². The molecule has 0 saturated heterocycles. The fourth-order valence-electron chi connectivity index (χ4n) is 2.65. The predicted octanol–water partition coefficient (Wildman–Crippen LogP) is 3.71. The van der Waals surface area contributed by atoms with E-state index >= 15 is 0 Å². The molecule has 1 aromatic carbocycles. The van der Waals surface area contributed by atoms with Crippen LogP contribution in [-0.2, 0) is 4.74 Å². The summed E-state index contributed by atoms with van der Waals surface area (Å²) in [6.45, 7) is 5.47. The number of aliphatic hydroxyl groups is 1. The molecule has 0 radical (unpaired) electrons. The van der Waals surface area contributed by atoms with Gasteiger partial charge in [-0.3, -0.25) is 0 Å². The van der Waals surface area contributed by atoms with Gasteiger partial charge in [0.15, 0.2) is 11.5 Å². The van der Waals surface area contributed by atoms with Gasteiger partial charge in [0.25, 0.3) is 0 Å². The fraction of sp³-hybridized carbons (Fsp3) is 0.500. The van der Waals surface area contributed by atoms with Crippen molar-refractivity contribution in [2.24, 2.45) is 5.92 Å². The van der Waals surface area contributed by atoms with Gasteiger partial charge in [0.1, 0.15) is 6.10 Å². The van der Waals surface area contributed by atoms with Gasteiger partial charge in [0.05, 0.1) is 12.7 Å². The summed E-state index contributed by atoms with van der Waals surface area (Å²) in [6.07, 6.45) is 2.20. The molecule has 0 aliphatic heterocycles. The number of hydrogen-bond donors (Lipinski definition) is 1. The molecule has 2 atom stereocenters. The third-order valence-electron chi connectivity index (χ3n) is 4.23. The minimum Gasteiger partial charge on any atom is -0.493 e. The molecule has 0 bridgehead atoms. The Morgan fingerprint density at radius 2 is 1.91 bits per heavy atom. The van der Waals surface area contributed by atoms with Gasteiger partial charge in [0.2, 0.25) is 0 Å². The van der Waals surface area contributed by atoms with Crippen LogP contribution in [0.15, 0.2) is 35.9 Å². The molecule has 1 aromatic rings. The molecule has 0 saturated carbocycles. The second-order valence-electron chi connectivity index (χ2n) is 6.38. The minimum absolute atomic E-state index is 0.0373. The molecule has 0 spiro atoms. The van der Waals surface area contributed by atoms with Crippen molar-refractivity contribution in [1.29, 1.82) is 0 Å². The van der Waals surface area contributed by atoms with E-state index in [0.29, 0.717) is 17.9 Å². The summed E-state index contributed by atoms with van der Waals surface area (Å²) in [4.78, 5) is 12.1.